The highest BCUT2D eigenvalue weighted by molar-refractivity contribution is 9.10. The predicted molar refractivity (Wildman–Crippen MR) is 118 cm³/mol. The Morgan fingerprint density at radius 1 is 1.13 bits per heavy atom. The molecule has 1 aliphatic heterocycles. The lowest BCUT2D eigenvalue weighted by Crippen LogP contribution is -2.42. The maximum absolute atomic E-state index is 12.9. The van der Waals surface area contributed by atoms with E-state index in [0.717, 1.165) is 10.0 Å². The molecule has 1 heterocycles. The van der Waals surface area contributed by atoms with Gasteiger partial charge in [0.2, 0.25) is 5.91 Å². The van der Waals surface area contributed by atoms with Crippen LogP contribution in [-0.4, -0.2) is 48.5 Å². The van der Waals surface area contributed by atoms with Gasteiger partial charge in [0.05, 0.1) is 6.54 Å². The van der Waals surface area contributed by atoms with Crippen molar-refractivity contribution in [2.75, 3.05) is 24.5 Å². The Morgan fingerprint density at radius 2 is 1.83 bits per heavy atom. The summed E-state index contributed by atoms with van der Waals surface area (Å²) in [6.07, 6.45) is 2.42. The summed E-state index contributed by atoms with van der Waals surface area (Å²) in [5.41, 5.74) is 6.55. The van der Waals surface area contributed by atoms with Crippen LogP contribution in [0.5, 0.6) is 0 Å². The normalized spacial score (nSPS) is 15.9. The molecule has 1 unspecified atom stereocenters. The molecule has 3 amide bonds. The number of ether oxygens (including phenoxy) is 1. The second-order valence-corrected chi connectivity index (χ2v) is 7.75. The third-order valence-electron chi connectivity index (χ3n) is 4.70. The van der Waals surface area contributed by atoms with Crippen molar-refractivity contribution in [3.05, 3.63) is 70.7 Å². The number of likely N-dealkylation sites (tertiary alicyclic amines) is 1. The molecule has 0 saturated carbocycles. The average molecular weight is 472 g/mol. The fourth-order valence-corrected chi connectivity index (χ4v) is 3.45. The molecule has 0 aliphatic carbocycles. The zero-order valence-corrected chi connectivity index (χ0v) is 17.8. The highest BCUT2D eigenvalue weighted by atomic mass is 79.9. The summed E-state index contributed by atoms with van der Waals surface area (Å²) in [4.78, 5) is 39.7. The number of carbonyl (C=O) groups excluding carboxylic acids is 3. The summed E-state index contributed by atoms with van der Waals surface area (Å²) < 4.78 is 5.85. The lowest BCUT2D eigenvalue weighted by molar-refractivity contribution is -0.130. The summed E-state index contributed by atoms with van der Waals surface area (Å²) in [7, 11) is 0. The maximum Gasteiger partial charge on any atom is 0.404 e. The highest BCUT2D eigenvalue weighted by Gasteiger charge is 2.30. The van der Waals surface area contributed by atoms with Crippen LogP contribution >= 0.6 is 15.9 Å². The van der Waals surface area contributed by atoms with E-state index in [1.807, 2.05) is 42.5 Å². The van der Waals surface area contributed by atoms with E-state index < -0.39 is 12.2 Å². The molecule has 1 atom stereocenters. The first-order valence-electron chi connectivity index (χ1n) is 9.46. The van der Waals surface area contributed by atoms with Gasteiger partial charge < -0.3 is 15.4 Å². The summed E-state index contributed by atoms with van der Waals surface area (Å²) in [6, 6.07) is 16.6. The van der Waals surface area contributed by atoms with Crippen LogP contribution in [0.4, 0.5) is 10.5 Å². The third-order valence-corrected chi connectivity index (χ3v) is 5.22. The van der Waals surface area contributed by atoms with Crippen LogP contribution < -0.4 is 10.6 Å². The summed E-state index contributed by atoms with van der Waals surface area (Å²) in [5, 5.41) is 0. The first-order valence-corrected chi connectivity index (χ1v) is 10.3. The molecule has 30 heavy (non-hydrogen) atoms. The topological polar surface area (TPSA) is 92.9 Å². The lowest BCUT2D eigenvalue weighted by atomic mass is 10.2. The molecule has 0 aromatic heterocycles. The smallest absolute Gasteiger partial charge is 0.404 e. The molecule has 2 aromatic rings. The number of benzene rings is 2. The monoisotopic (exact) mass is 471 g/mol. The van der Waals surface area contributed by atoms with Crippen LogP contribution in [0.2, 0.25) is 0 Å². The van der Waals surface area contributed by atoms with E-state index in [9.17, 15) is 14.4 Å². The fraction of sp³-hybridized carbons (Fsp3) is 0.227. The van der Waals surface area contributed by atoms with Crippen LogP contribution in [0, 0.1) is 0 Å². The molecule has 0 bridgehead atoms. The average Bonchev–Trinajstić information content (AvgIpc) is 3.19. The van der Waals surface area contributed by atoms with E-state index in [1.54, 1.807) is 23.1 Å². The SMILES string of the molecule is NC(=O)OC1CCN(C(=O)CN(C(=O)/C=C/c2ccccc2)c2ccc(Br)cc2)C1. The van der Waals surface area contributed by atoms with Gasteiger partial charge in [-0.2, -0.15) is 0 Å². The van der Waals surface area contributed by atoms with Gasteiger partial charge in [0.1, 0.15) is 12.6 Å². The minimum Gasteiger partial charge on any atom is -0.444 e. The van der Waals surface area contributed by atoms with Crippen LogP contribution in [0.25, 0.3) is 6.08 Å². The number of nitrogens with zero attached hydrogens (tertiary/aromatic N) is 2. The molecule has 8 heteroatoms. The Bertz CT molecular complexity index is 931. The van der Waals surface area contributed by atoms with Crippen LogP contribution in [0.15, 0.2) is 65.1 Å². The first-order chi connectivity index (χ1) is 14.4. The van der Waals surface area contributed by atoms with E-state index in [-0.39, 0.29) is 24.9 Å². The largest absolute Gasteiger partial charge is 0.444 e. The third kappa shape index (κ3) is 5.93. The first kappa shape index (κ1) is 21.6. The number of nitrogens with two attached hydrogens (primary N) is 1. The Labute approximate surface area is 183 Å². The summed E-state index contributed by atoms with van der Waals surface area (Å²) >= 11 is 3.38. The van der Waals surface area contributed by atoms with Crippen LogP contribution in [0.3, 0.4) is 0 Å². The second kappa shape index (κ2) is 10.1. The summed E-state index contributed by atoms with van der Waals surface area (Å²) in [6.45, 7) is 0.589. The molecule has 2 aromatic carbocycles. The molecular formula is C22H22BrN3O4. The zero-order chi connectivity index (χ0) is 21.5. The number of primary amides is 1. The molecule has 1 fully saturated rings. The number of hydrogen-bond donors (Lipinski definition) is 1. The quantitative estimate of drug-likeness (QED) is 0.654. The van der Waals surface area contributed by atoms with E-state index in [1.165, 1.54) is 11.0 Å². The number of hydrogen-bond acceptors (Lipinski definition) is 4. The van der Waals surface area contributed by atoms with Gasteiger partial charge in [-0.3, -0.25) is 14.5 Å². The van der Waals surface area contributed by atoms with Gasteiger partial charge in [0.25, 0.3) is 5.91 Å². The molecule has 1 saturated heterocycles. The van der Waals surface area contributed by atoms with Crippen molar-refractivity contribution in [2.45, 2.75) is 12.5 Å². The Kier molecular flexibility index (Phi) is 7.24. The van der Waals surface area contributed by atoms with Crippen molar-refractivity contribution in [3.63, 3.8) is 0 Å². The van der Waals surface area contributed by atoms with Gasteiger partial charge in [0, 0.05) is 29.2 Å². The standard InChI is InChI=1S/C22H22BrN3O4/c23-17-7-9-18(10-8-17)26(20(27)11-6-16-4-2-1-3-5-16)15-21(28)25-13-12-19(14-25)30-22(24)29/h1-11,19H,12-15H2,(H2,24,29)/b11-6+. The van der Waals surface area contributed by atoms with E-state index in [2.05, 4.69) is 15.9 Å². The van der Waals surface area contributed by atoms with Crippen molar-refractivity contribution in [1.82, 2.24) is 4.90 Å². The maximum atomic E-state index is 12.9. The lowest BCUT2D eigenvalue weighted by Gasteiger charge is -2.24. The van der Waals surface area contributed by atoms with Gasteiger partial charge in [-0.25, -0.2) is 4.79 Å². The van der Waals surface area contributed by atoms with E-state index in [0.29, 0.717) is 18.7 Å². The minimum atomic E-state index is -0.855. The van der Waals surface area contributed by atoms with Crippen molar-refractivity contribution in [3.8, 4) is 0 Å². The predicted octanol–water partition coefficient (Wildman–Crippen LogP) is 3.19. The van der Waals surface area contributed by atoms with E-state index >= 15 is 0 Å². The van der Waals surface area contributed by atoms with Crippen LogP contribution in [0.1, 0.15) is 12.0 Å². The van der Waals surface area contributed by atoms with Crippen molar-refractivity contribution >= 4 is 45.6 Å². The number of anilines is 1. The molecule has 156 valence electrons. The van der Waals surface area contributed by atoms with Gasteiger partial charge in [-0.05, 0) is 35.9 Å². The van der Waals surface area contributed by atoms with Gasteiger partial charge >= 0.3 is 6.09 Å². The molecule has 1 aliphatic rings. The zero-order valence-electron chi connectivity index (χ0n) is 16.2. The Balaban J connectivity index is 1.74. The van der Waals surface area contributed by atoms with Crippen molar-refractivity contribution < 1.29 is 19.1 Å². The number of amides is 3. The Hall–Kier alpha value is -3.13. The van der Waals surface area contributed by atoms with Crippen molar-refractivity contribution in [2.24, 2.45) is 5.73 Å². The minimum absolute atomic E-state index is 0.122. The number of carbonyl (C=O) groups is 3. The second-order valence-electron chi connectivity index (χ2n) is 6.83. The molecule has 0 radical (unpaired) electrons. The van der Waals surface area contributed by atoms with Crippen molar-refractivity contribution in [1.29, 1.82) is 0 Å². The molecule has 3 rings (SSSR count). The molecule has 2 N–H and O–H groups in total. The van der Waals surface area contributed by atoms with Gasteiger partial charge in [-0.15, -0.1) is 0 Å². The number of halogens is 1. The molecule has 0 spiro atoms. The van der Waals surface area contributed by atoms with E-state index in [4.69, 9.17) is 10.5 Å². The van der Waals surface area contributed by atoms with Gasteiger partial charge in [0.15, 0.2) is 0 Å². The molecular weight excluding hydrogens is 450 g/mol. The number of rotatable bonds is 6. The fourth-order valence-electron chi connectivity index (χ4n) is 3.19. The van der Waals surface area contributed by atoms with Crippen LogP contribution in [-0.2, 0) is 14.3 Å². The van der Waals surface area contributed by atoms with Gasteiger partial charge in [-0.1, -0.05) is 46.3 Å². The summed E-state index contributed by atoms with van der Waals surface area (Å²) in [5.74, 6) is -0.534. The molecule has 7 nitrogen and oxygen atoms in total. The Morgan fingerprint density at radius 3 is 2.50 bits per heavy atom. The highest BCUT2D eigenvalue weighted by Crippen LogP contribution is 2.20.